The molecule has 0 spiro atoms. The van der Waals surface area contributed by atoms with Gasteiger partial charge in [0.15, 0.2) is 0 Å². The van der Waals surface area contributed by atoms with Crippen LogP contribution in [0.5, 0.6) is 0 Å². The lowest BCUT2D eigenvalue weighted by Gasteiger charge is -2.06. The Morgan fingerprint density at radius 3 is 2.56 bits per heavy atom. The van der Waals surface area contributed by atoms with Gasteiger partial charge in [0, 0.05) is 0 Å². The van der Waals surface area contributed by atoms with Gasteiger partial charge >= 0.3 is 5.97 Å². The topological polar surface area (TPSA) is 29.5 Å². The van der Waals surface area contributed by atoms with Crippen molar-refractivity contribution in [2.45, 2.75) is 6.92 Å². The van der Waals surface area contributed by atoms with Crippen LogP contribution in [-0.4, -0.2) is 31.6 Å². The molecule has 0 aromatic heterocycles. The van der Waals surface area contributed by atoms with Gasteiger partial charge in [-0.25, -0.2) is 0 Å². The third kappa shape index (κ3) is 5.30. The number of carbonyl (C=O) groups excluding carboxylic acids is 1. The van der Waals surface area contributed by atoms with Crippen molar-refractivity contribution in [2.24, 2.45) is 0 Å². The van der Waals surface area contributed by atoms with Crippen LogP contribution in [0, 0.1) is 6.54 Å². The van der Waals surface area contributed by atoms with Gasteiger partial charge in [0.05, 0.1) is 6.61 Å². The van der Waals surface area contributed by atoms with E-state index in [1.165, 1.54) is 6.54 Å². The van der Waals surface area contributed by atoms with Gasteiger partial charge in [-0.1, -0.05) is 0 Å². The molecule has 0 amide bonds. The predicted molar refractivity (Wildman–Crippen MR) is 34.6 cm³/mol. The van der Waals surface area contributed by atoms with Crippen molar-refractivity contribution in [2.75, 3.05) is 20.7 Å². The first-order chi connectivity index (χ1) is 4.16. The molecule has 0 fully saturated rings. The normalized spacial score (nSPS) is 9.78. The molecule has 3 nitrogen and oxygen atoms in total. The minimum absolute atomic E-state index is 0.289. The highest BCUT2D eigenvalue weighted by atomic mass is 16.5. The number of carbonyl (C=O) groups is 1. The summed E-state index contributed by atoms with van der Waals surface area (Å²) in [7, 11) is 3.55. The van der Waals surface area contributed by atoms with Gasteiger partial charge in [-0.05, 0) is 21.0 Å². The lowest BCUT2D eigenvalue weighted by molar-refractivity contribution is -0.140. The van der Waals surface area contributed by atoms with E-state index in [0.29, 0.717) is 6.61 Å². The van der Waals surface area contributed by atoms with Crippen LogP contribution >= 0.6 is 0 Å². The predicted octanol–water partition coefficient (Wildman–Crippen LogP) is 0.273. The average molecular weight is 130 g/mol. The number of esters is 1. The summed E-state index contributed by atoms with van der Waals surface area (Å²) in [6.07, 6.45) is 0. The van der Waals surface area contributed by atoms with E-state index in [9.17, 15) is 4.79 Å². The summed E-state index contributed by atoms with van der Waals surface area (Å²) >= 11 is 0. The second-order valence-corrected chi connectivity index (χ2v) is 1.84. The second kappa shape index (κ2) is 4.32. The fourth-order valence-electron chi connectivity index (χ4n) is 0.390. The second-order valence-electron chi connectivity index (χ2n) is 1.84. The van der Waals surface area contributed by atoms with Gasteiger partial charge in [-0.3, -0.25) is 9.69 Å². The molecule has 9 heavy (non-hydrogen) atoms. The van der Waals surface area contributed by atoms with Crippen molar-refractivity contribution in [3.63, 3.8) is 0 Å². The van der Waals surface area contributed by atoms with Crippen LogP contribution < -0.4 is 0 Å². The Kier molecular flexibility index (Phi) is 4.05. The van der Waals surface area contributed by atoms with Crippen LogP contribution in [0.1, 0.15) is 6.92 Å². The van der Waals surface area contributed by atoms with E-state index >= 15 is 0 Å². The Hall–Kier alpha value is -0.570. The Balaban J connectivity index is 3.27. The summed E-state index contributed by atoms with van der Waals surface area (Å²) in [6.45, 7) is 3.61. The summed E-state index contributed by atoms with van der Waals surface area (Å²) in [5, 5.41) is 0. The molecule has 0 heterocycles. The summed E-state index contributed by atoms with van der Waals surface area (Å²) in [4.78, 5) is 12.2. The first kappa shape index (κ1) is 8.43. The summed E-state index contributed by atoms with van der Waals surface area (Å²) < 4.78 is 4.62. The first-order valence-corrected chi connectivity index (χ1v) is 2.85. The number of hydrogen-bond acceptors (Lipinski definition) is 3. The standard InChI is InChI=1S/C6H12NO2/c1-4-9-6(8)5-7(2)3/h5H,4H2,1-3H3. The van der Waals surface area contributed by atoms with E-state index in [-0.39, 0.29) is 5.97 Å². The van der Waals surface area contributed by atoms with E-state index in [2.05, 4.69) is 4.74 Å². The third-order valence-corrected chi connectivity index (χ3v) is 0.650. The maximum Gasteiger partial charge on any atom is 0.325 e. The smallest absolute Gasteiger partial charge is 0.325 e. The molecule has 0 saturated carbocycles. The van der Waals surface area contributed by atoms with Gasteiger partial charge in [0.2, 0.25) is 0 Å². The quantitative estimate of drug-likeness (QED) is 0.514. The highest BCUT2D eigenvalue weighted by Crippen LogP contribution is 1.86. The van der Waals surface area contributed by atoms with Crippen LogP contribution in [0.4, 0.5) is 0 Å². The molecule has 0 aromatic rings. The molecule has 0 unspecified atom stereocenters. The number of nitrogens with zero attached hydrogens (tertiary/aromatic N) is 1. The number of likely N-dealkylation sites (N-methyl/N-ethyl adjacent to an activating group) is 1. The van der Waals surface area contributed by atoms with Crippen molar-refractivity contribution in [3.8, 4) is 0 Å². The fourth-order valence-corrected chi connectivity index (χ4v) is 0.390. The molecule has 0 aliphatic rings. The maximum absolute atomic E-state index is 10.5. The monoisotopic (exact) mass is 130 g/mol. The van der Waals surface area contributed by atoms with Crippen molar-refractivity contribution in [3.05, 3.63) is 6.54 Å². The van der Waals surface area contributed by atoms with Crippen LogP contribution in [0.2, 0.25) is 0 Å². The Bertz CT molecular complexity index is 91.1. The molecule has 3 heteroatoms. The van der Waals surface area contributed by atoms with E-state index in [0.717, 1.165) is 0 Å². The summed E-state index contributed by atoms with van der Waals surface area (Å²) in [5.41, 5.74) is 0. The van der Waals surface area contributed by atoms with Crippen LogP contribution in [0.15, 0.2) is 0 Å². The number of hydrogen-bond donors (Lipinski definition) is 0. The molecule has 0 atom stereocenters. The number of rotatable bonds is 3. The van der Waals surface area contributed by atoms with E-state index in [4.69, 9.17) is 0 Å². The van der Waals surface area contributed by atoms with Gasteiger partial charge < -0.3 is 4.74 Å². The highest BCUT2D eigenvalue weighted by Gasteiger charge is 2.01. The molecule has 0 N–H and O–H groups in total. The molecule has 1 radical (unpaired) electrons. The zero-order valence-corrected chi connectivity index (χ0v) is 6.05. The van der Waals surface area contributed by atoms with Crippen molar-refractivity contribution < 1.29 is 9.53 Å². The molecule has 0 aliphatic heterocycles. The fraction of sp³-hybridized carbons (Fsp3) is 0.667. The molecule has 0 bridgehead atoms. The van der Waals surface area contributed by atoms with E-state index in [1.807, 2.05) is 0 Å². The largest absolute Gasteiger partial charge is 0.465 e. The summed E-state index contributed by atoms with van der Waals surface area (Å²) in [5.74, 6) is -0.289. The first-order valence-electron chi connectivity index (χ1n) is 2.85. The lowest BCUT2D eigenvalue weighted by Crippen LogP contribution is -2.17. The summed E-state index contributed by atoms with van der Waals surface area (Å²) in [6, 6.07) is 0. The highest BCUT2D eigenvalue weighted by molar-refractivity contribution is 5.78. The molecular formula is C6H12NO2. The zero-order valence-electron chi connectivity index (χ0n) is 6.05. The van der Waals surface area contributed by atoms with Gasteiger partial charge in [-0.2, -0.15) is 0 Å². The van der Waals surface area contributed by atoms with E-state index < -0.39 is 0 Å². The molecule has 0 saturated heterocycles. The van der Waals surface area contributed by atoms with Crippen LogP contribution in [0.3, 0.4) is 0 Å². The molecule has 0 aliphatic carbocycles. The Morgan fingerprint density at radius 2 is 2.22 bits per heavy atom. The molecule has 53 valence electrons. The van der Waals surface area contributed by atoms with Gasteiger partial charge in [-0.15, -0.1) is 0 Å². The van der Waals surface area contributed by atoms with Crippen molar-refractivity contribution >= 4 is 5.97 Å². The molecule has 0 rings (SSSR count). The molecular weight excluding hydrogens is 118 g/mol. The van der Waals surface area contributed by atoms with E-state index in [1.54, 1.807) is 25.9 Å². The van der Waals surface area contributed by atoms with Gasteiger partial charge in [0.25, 0.3) is 0 Å². The zero-order chi connectivity index (χ0) is 7.28. The minimum Gasteiger partial charge on any atom is -0.465 e. The third-order valence-electron chi connectivity index (χ3n) is 0.650. The Labute approximate surface area is 55.6 Å². The Morgan fingerprint density at radius 1 is 1.67 bits per heavy atom. The molecule has 0 aromatic carbocycles. The number of ether oxygens (including phenoxy) is 1. The van der Waals surface area contributed by atoms with Crippen molar-refractivity contribution in [1.29, 1.82) is 0 Å². The van der Waals surface area contributed by atoms with Crippen LogP contribution in [-0.2, 0) is 9.53 Å². The minimum atomic E-state index is -0.289. The van der Waals surface area contributed by atoms with Gasteiger partial charge in [0.1, 0.15) is 6.54 Å². The van der Waals surface area contributed by atoms with Crippen molar-refractivity contribution in [1.82, 2.24) is 4.90 Å². The average Bonchev–Trinajstić information content (AvgIpc) is 1.63. The lowest BCUT2D eigenvalue weighted by atomic mass is 10.6. The van der Waals surface area contributed by atoms with Crippen LogP contribution in [0.25, 0.3) is 0 Å². The maximum atomic E-state index is 10.5. The SMILES string of the molecule is CCOC(=O)[CH]N(C)C.